The molecular formula is C10H12F. The molecule has 0 aromatic heterocycles. The van der Waals surface area contributed by atoms with Crippen LogP contribution in [0.3, 0.4) is 0 Å². The third kappa shape index (κ3) is 2.71. The van der Waals surface area contributed by atoms with Gasteiger partial charge in [-0.05, 0) is 24.0 Å². The van der Waals surface area contributed by atoms with E-state index in [-0.39, 0.29) is 5.82 Å². The maximum Gasteiger partial charge on any atom is 0.131 e. The van der Waals surface area contributed by atoms with Crippen LogP contribution in [0, 0.1) is 17.8 Å². The zero-order valence-electron chi connectivity index (χ0n) is 6.89. The van der Waals surface area contributed by atoms with Gasteiger partial charge in [-0.2, -0.15) is 0 Å². The van der Waals surface area contributed by atoms with Crippen LogP contribution < -0.4 is 0 Å². The fraction of sp³-hybridized carbons (Fsp3) is 0.400. The molecule has 1 radical (unpaired) electrons. The molecule has 0 N–H and O–H groups in total. The first kappa shape index (κ1) is 8.25. The Morgan fingerprint density at radius 1 is 1.55 bits per heavy atom. The maximum absolute atomic E-state index is 12.6. The molecule has 1 heteroatoms. The molecule has 0 bridgehead atoms. The van der Waals surface area contributed by atoms with Crippen LogP contribution >= 0.6 is 0 Å². The SMILES string of the molecule is CC(C)Cc1cc[c]c(F)c1. The maximum atomic E-state index is 12.6. The summed E-state index contributed by atoms with van der Waals surface area (Å²) in [6, 6.07) is 7.56. The largest absolute Gasteiger partial charge is 0.206 e. The van der Waals surface area contributed by atoms with Crippen molar-refractivity contribution in [2.24, 2.45) is 5.92 Å². The molecule has 0 fully saturated rings. The minimum Gasteiger partial charge on any atom is -0.206 e. The second-order valence-corrected chi connectivity index (χ2v) is 3.14. The summed E-state index contributed by atoms with van der Waals surface area (Å²) in [4.78, 5) is 0. The van der Waals surface area contributed by atoms with E-state index in [1.165, 1.54) is 0 Å². The van der Waals surface area contributed by atoms with E-state index in [1.807, 2.05) is 6.07 Å². The Bertz CT molecular complexity index is 228. The minimum atomic E-state index is -0.261. The van der Waals surface area contributed by atoms with Crippen LogP contribution in [-0.2, 0) is 6.42 Å². The zero-order chi connectivity index (χ0) is 8.27. The first-order chi connectivity index (χ1) is 5.18. The summed E-state index contributed by atoms with van der Waals surface area (Å²) >= 11 is 0. The molecule has 0 atom stereocenters. The van der Waals surface area contributed by atoms with E-state index in [9.17, 15) is 4.39 Å². The Hall–Kier alpha value is -0.850. The van der Waals surface area contributed by atoms with E-state index in [1.54, 1.807) is 12.1 Å². The number of benzene rings is 1. The lowest BCUT2D eigenvalue weighted by Crippen LogP contribution is -1.93. The van der Waals surface area contributed by atoms with Crippen molar-refractivity contribution in [1.29, 1.82) is 0 Å². The van der Waals surface area contributed by atoms with E-state index in [0.717, 1.165) is 12.0 Å². The molecule has 0 spiro atoms. The number of hydrogen-bond donors (Lipinski definition) is 0. The highest BCUT2D eigenvalue weighted by molar-refractivity contribution is 5.15. The van der Waals surface area contributed by atoms with Crippen molar-refractivity contribution in [2.75, 3.05) is 0 Å². The molecule has 0 aliphatic rings. The lowest BCUT2D eigenvalue weighted by Gasteiger charge is -2.03. The van der Waals surface area contributed by atoms with Gasteiger partial charge in [0.25, 0.3) is 0 Å². The van der Waals surface area contributed by atoms with E-state index < -0.39 is 0 Å². The Morgan fingerprint density at radius 3 is 2.82 bits per heavy atom. The first-order valence-electron chi connectivity index (χ1n) is 3.84. The van der Waals surface area contributed by atoms with Gasteiger partial charge in [-0.25, -0.2) is 4.39 Å². The summed E-state index contributed by atoms with van der Waals surface area (Å²) in [7, 11) is 0. The molecule has 0 unspecified atom stereocenters. The van der Waals surface area contributed by atoms with Gasteiger partial charge in [0.2, 0.25) is 0 Å². The Morgan fingerprint density at radius 2 is 2.27 bits per heavy atom. The monoisotopic (exact) mass is 151 g/mol. The van der Waals surface area contributed by atoms with Gasteiger partial charge in [-0.1, -0.05) is 26.0 Å². The minimum absolute atomic E-state index is 0.261. The predicted molar refractivity (Wildman–Crippen MR) is 43.8 cm³/mol. The standard InChI is InChI=1S/C10H12F/c1-8(2)6-9-4-3-5-10(11)7-9/h3-4,7-8H,6H2,1-2H3. The second-order valence-electron chi connectivity index (χ2n) is 3.14. The van der Waals surface area contributed by atoms with Gasteiger partial charge in [0.05, 0.1) is 0 Å². The van der Waals surface area contributed by atoms with Crippen molar-refractivity contribution in [3.63, 3.8) is 0 Å². The molecule has 11 heavy (non-hydrogen) atoms. The average molecular weight is 151 g/mol. The van der Waals surface area contributed by atoms with Gasteiger partial charge in [-0.3, -0.25) is 0 Å². The fourth-order valence-electron chi connectivity index (χ4n) is 1.08. The predicted octanol–water partition coefficient (Wildman–Crippen LogP) is 2.82. The summed E-state index contributed by atoms with van der Waals surface area (Å²) in [6.45, 7) is 4.24. The molecular weight excluding hydrogens is 139 g/mol. The van der Waals surface area contributed by atoms with Gasteiger partial charge in [0.1, 0.15) is 5.82 Å². The summed E-state index contributed by atoms with van der Waals surface area (Å²) in [6.07, 6.45) is 0.936. The summed E-state index contributed by atoms with van der Waals surface area (Å²) in [5.41, 5.74) is 1.05. The second kappa shape index (κ2) is 3.51. The third-order valence-electron chi connectivity index (χ3n) is 1.47. The van der Waals surface area contributed by atoms with E-state index in [4.69, 9.17) is 0 Å². The topological polar surface area (TPSA) is 0 Å². The molecule has 0 nitrogen and oxygen atoms in total. The van der Waals surface area contributed by atoms with Crippen molar-refractivity contribution in [3.05, 3.63) is 35.6 Å². The van der Waals surface area contributed by atoms with E-state index in [0.29, 0.717) is 5.92 Å². The average Bonchev–Trinajstić information content (AvgIpc) is 1.85. The lowest BCUT2D eigenvalue weighted by molar-refractivity contribution is 0.611. The highest BCUT2D eigenvalue weighted by Gasteiger charge is 1.97. The fourth-order valence-corrected chi connectivity index (χ4v) is 1.08. The van der Waals surface area contributed by atoms with Crippen LogP contribution in [0.5, 0.6) is 0 Å². The van der Waals surface area contributed by atoms with Crippen LogP contribution in [0.15, 0.2) is 18.2 Å². The van der Waals surface area contributed by atoms with Crippen molar-refractivity contribution < 1.29 is 4.39 Å². The van der Waals surface area contributed by atoms with Crippen molar-refractivity contribution in [2.45, 2.75) is 20.3 Å². The first-order valence-corrected chi connectivity index (χ1v) is 3.84. The van der Waals surface area contributed by atoms with Crippen LogP contribution in [0.25, 0.3) is 0 Å². The number of hydrogen-bond acceptors (Lipinski definition) is 0. The molecule has 0 saturated carbocycles. The molecule has 0 saturated heterocycles. The molecule has 0 aliphatic heterocycles. The molecule has 0 heterocycles. The number of rotatable bonds is 2. The highest BCUT2D eigenvalue weighted by Crippen LogP contribution is 2.08. The Balaban J connectivity index is 2.71. The summed E-state index contributed by atoms with van der Waals surface area (Å²) in [5.74, 6) is 0.319. The molecule has 1 rings (SSSR count). The number of halogens is 1. The van der Waals surface area contributed by atoms with Gasteiger partial charge in [0, 0.05) is 6.07 Å². The van der Waals surface area contributed by atoms with Crippen molar-refractivity contribution in [3.8, 4) is 0 Å². The molecule has 1 aromatic carbocycles. The van der Waals surface area contributed by atoms with Gasteiger partial charge >= 0.3 is 0 Å². The Labute approximate surface area is 67.1 Å². The van der Waals surface area contributed by atoms with Gasteiger partial charge in [-0.15, -0.1) is 0 Å². The van der Waals surface area contributed by atoms with Crippen LogP contribution in [0.2, 0.25) is 0 Å². The quantitative estimate of drug-likeness (QED) is 0.609. The van der Waals surface area contributed by atoms with Crippen LogP contribution in [-0.4, -0.2) is 0 Å². The molecule has 1 aromatic rings. The molecule has 0 aliphatic carbocycles. The van der Waals surface area contributed by atoms with Gasteiger partial charge < -0.3 is 0 Å². The van der Waals surface area contributed by atoms with Gasteiger partial charge in [0.15, 0.2) is 0 Å². The normalized spacial score (nSPS) is 10.5. The highest BCUT2D eigenvalue weighted by atomic mass is 19.1. The smallest absolute Gasteiger partial charge is 0.131 e. The summed E-state index contributed by atoms with van der Waals surface area (Å²) in [5, 5.41) is 0. The van der Waals surface area contributed by atoms with Crippen LogP contribution in [0.1, 0.15) is 19.4 Å². The van der Waals surface area contributed by atoms with E-state index in [2.05, 4.69) is 19.9 Å². The molecule has 0 amide bonds. The lowest BCUT2D eigenvalue weighted by atomic mass is 10.0. The van der Waals surface area contributed by atoms with Crippen LogP contribution in [0.4, 0.5) is 4.39 Å². The zero-order valence-corrected chi connectivity index (χ0v) is 6.89. The third-order valence-corrected chi connectivity index (χ3v) is 1.47. The molecule has 59 valence electrons. The Kier molecular flexibility index (Phi) is 2.64. The van der Waals surface area contributed by atoms with Crippen molar-refractivity contribution in [1.82, 2.24) is 0 Å². The summed E-state index contributed by atoms with van der Waals surface area (Å²) < 4.78 is 12.6. The van der Waals surface area contributed by atoms with Crippen molar-refractivity contribution >= 4 is 0 Å². The van der Waals surface area contributed by atoms with E-state index >= 15 is 0 Å².